The molecule has 0 bridgehead atoms. The topological polar surface area (TPSA) is 8.88 Å². The van der Waals surface area contributed by atoms with Crippen LogP contribution in [0.1, 0.15) is 18.1 Å². The number of quaternary nitrogens is 2. The molecule has 0 atom stereocenters. The molecule has 1 heterocycles. The van der Waals surface area contributed by atoms with Gasteiger partial charge < -0.3 is 9.80 Å². The average Bonchev–Trinajstić information content (AvgIpc) is 2.65. The maximum absolute atomic E-state index is 2.33. The fourth-order valence-corrected chi connectivity index (χ4v) is 3.54. The van der Waals surface area contributed by atoms with Gasteiger partial charge >= 0.3 is 0 Å². The predicted octanol–water partition coefficient (Wildman–Crippen LogP) is 1.59. The molecule has 1 aliphatic rings. The zero-order valence-corrected chi connectivity index (χ0v) is 15.2. The fraction of sp³-hybridized carbons (Fsp3) is 0.304. The lowest BCUT2D eigenvalue weighted by atomic mass is 10.1. The van der Waals surface area contributed by atoms with Crippen molar-refractivity contribution in [1.29, 1.82) is 0 Å². The standard InChI is InChI=1S/C23H28N2/c1-21(19-23-11-6-3-7-12-23)20-25-17-15-24(16-18-25)14-8-13-22-9-4-2-5-10-22/h2-13,19H,14-18,20H2,1H3/p+2/b13-8+,21-19+. The minimum absolute atomic E-state index is 1.14. The van der Waals surface area contributed by atoms with Gasteiger partial charge in [-0.2, -0.15) is 0 Å². The number of rotatable bonds is 6. The molecule has 1 fully saturated rings. The lowest BCUT2D eigenvalue weighted by Crippen LogP contribution is -3.28. The van der Waals surface area contributed by atoms with E-state index in [-0.39, 0.29) is 0 Å². The average molecular weight is 335 g/mol. The lowest BCUT2D eigenvalue weighted by Gasteiger charge is -2.29. The Labute approximate surface area is 152 Å². The first-order valence-corrected chi connectivity index (χ1v) is 9.40. The monoisotopic (exact) mass is 334 g/mol. The van der Waals surface area contributed by atoms with Gasteiger partial charge in [-0.05, 0) is 29.7 Å². The van der Waals surface area contributed by atoms with Crippen LogP contribution in [0.15, 0.2) is 72.3 Å². The molecule has 1 saturated heterocycles. The largest absolute Gasteiger partial charge is 0.322 e. The predicted molar refractivity (Wildman–Crippen MR) is 107 cm³/mol. The Kier molecular flexibility index (Phi) is 6.61. The summed E-state index contributed by atoms with van der Waals surface area (Å²) in [6.07, 6.45) is 6.91. The van der Waals surface area contributed by atoms with Crippen LogP contribution in [-0.2, 0) is 0 Å². The fourth-order valence-electron chi connectivity index (χ4n) is 3.54. The molecule has 2 heteroatoms. The molecule has 0 unspecified atom stereocenters. The van der Waals surface area contributed by atoms with E-state index in [2.05, 4.69) is 85.8 Å². The van der Waals surface area contributed by atoms with Gasteiger partial charge in [0.15, 0.2) is 0 Å². The summed E-state index contributed by atoms with van der Waals surface area (Å²) >= 11 is 0. The Morgan fingerprint density at radius 3 is 2.00 bits per heavy atom. The van der Waals surface area contributed by atoms with E-state index in [0.717, 1.165) is 6.54 Å². The van der Waals surface area contributed by atoms with Crippen molar-refractivity contribution < 1.29 is 9.80 Å². The smallest absolute Gasteiger partial charge is 0.127 e. The zero-order chi connectivity index (χ0) is 17.3. The third-order valence-corrected chi connectivity index (χ3v) is 4.92. The summed E-state index contributed by atoms with van der Waals surface area (Å²) in [6, 6.07) is 21.2. The molecule has 0 saturated carbocycles. The SMILES string of the molecule is C/C(=C\c1ccccc1)C[NH+]1CC[NH+](C/C=C/c2ccccc2)CC1. The van der Waals surface area contributed by atoms with Gasteiger partial charge in [-0.15, -0.1) is 0 Å². The Bertz CT molecular complexity index is 681. The Hall–Kier alpha value is -2.16. The Balaban J connectivity index is 1.41. The van der Waals surface area contributed by atoms with Crippen molar-refractivity contribution in [3.63, 3.8) is 0 Å². The summed E-state index contributed by atoms with van der Waals surface area (Å²) in [4.78, 5) is 3.43. The second-order valence-electron chi connectivity index (χ2n) is 7.10. The van der Waals surface area contributed by atoms with Gasteiger partial charge in [0.25, 0.3) is 0 Å². The van der Waals surface area contributed by atoms with Gasteiger partial charge in [0.05, 0.1) is 13.1 Å². The maximum atomic E-state index is 2.33. The first-order valence-electron chi connectivity index (χ1n) is 9.40. The summed E-state index contributed by atoms with van der Waals surface area (Å²) in [5.74, 6) is 0. The highest BCUT2D eigenvalue weighted by molar-refractivity contribution is 5.52. The molecule has 0 amide bonds. The number of hydrogen-bond acceptors (Lipinski definition) is 0. The van der Waals surface area contributed by atoms with Crippen LogP contribution >= 0.6 is 0 Å². The number of piperazine rings is 1. The van der Waals surface area contributed by atoms with Gasteiger partial charge in [-0.1, -0.05) is 72.8 Å². The number of nitrogens with one attached hydrogen (secondary N) is 2. The minimum atomic E-state index is 1.14. The van der Waals surface area contributed by atoms with Crippen LogP contribution in [0.2, 0.25) is 0 Å². The van der Waals surface area contributed by atoms with Gasteiger partial charge in [0, 0.05) is 0 Å². The normalized spacial score (nSPS) is 21.6. The molecule has 2 aromatic carbocycles. The van der Waals surface area contributed by atoms with Crippen molar-refractivity contribution >= 4 is 12.2 Å². The Morgan fingerprint density at radius 1 is 0.800 bits per heavy atom. The van der Waals surface area contributed by atoms with Crippen LogP contribution in [0.25, 0.3) is 12.2 Å². The summed E-state index contributed by atoms with van der Waals surface area (Å²) < 4.78 is 0. The highest BCUT2D eigenvalue weighted by Crippen LogP contribution is 2.04. The van der Waals surface area contributed by atoms with E-state index in [1.54, 1.807) is 9.80 Å². The molecule has 2 N–H and O–H groups in total. The first kappa shape index (κ1) is 17.7. The van der Waals surface area contributed by atoms with Crippen molar-refractivity contribution in [2.75, 3.05) is 39.3 Å². The van der Waals surface area contributed by atoms with E-state index in [9.17, 15) is 0 Å². The third kappa shape index (κ3) is 6.00. The molecule has 2 aromatic rings. The van der Waals surface area contributed by atoms with Crippen LogP contribution in [0.5, 0.6) is 0 Å². The zero-order valence-electron chi connectivity index (χ0n) is 15.2. The van der Waals surface area contributed by atoms with Crippen molar-refractivity contribution in [1.82, 2.24) is 0 Å². The highest BCUT2D eigenvalue weighted by Gasteiger charge is 2.21. The molecule has 3 rings (SSSR count). The maximum Gasteiger partial charge on any atom is 0.127 e. The molecule has 0 aliphatic carbocycles. The second-order valence-corrected chi connectivity index (χ2v) is 7.10. The second kappa shape index (κ2) is 9.36. The summed E-state index contributed by atoms with van der Waals surface area (Å²) in [7, 11) is 0. The molecule has 130 valence electrons. The summed E-state index contributed by atoms with van der Waals surface area (Å²) in [5.41, 5.74) is 4.09. The van der Waals surface area contributed by atoms with Crippen LogP contribution in [0.3, 0.4) is 0 Å². The van der Waals surface area contributed by atoms with E-state index in [4.69, 9.17) is 0 Å². The van der Waals surface area contributed by atoms with Gasteiger partial charge in [-0.3, -0.25) is 0 Å². The molecule has 0 radical (unpaired) electrons. The van der Waals surface area contributed by atoms with Crippen LogP contribution in [0, 0.1) is 0 Å². The Morgan fingerprint density at radius 2 is 1.36 bits per heavy atom. The third-order valence-electron chi connectivity index (χ3n) is 4.92. The molecule has 25 heavy (non-hydrogen) atoms. The molecular weight excluding hydrogens is 304 g/mol. The number of benzene rings is 2. The molecule has 0 aromatic heterocycles. The van der Waals surface area contributed by atoms with E-state index < -0.39 is 0 Å². The van der Waals surface area contributed by atoms with Crippen LogP contribution < -0.4 is 9.80 Å². The summed E-state index contributed by atoms with van der Waals surface area (Å²) in [5, 5.41) is 0. The molecule has 2 nitrogen and oxygen atoms in total. The van der Waals surface area contributed by atoms with Gasteiger partial charge in [-0.25, -0.2) is 0 Å². The van der Waals surface area contributed by atoms with Gasteiger partial charge in [0.2, 0.25) is 0 Å². The minimum Gasteiger partial charge on any atom is -0.322 e. The van der Waals surface area contributed by atoms with E-state index in [0.29, 0.717) is 0 Å². The van der Waals surface area contributed by atoms with Crippen molar-refractivity contribution in [2.24, 2.45) is 0 Å². The molecule has 0 spiro atoms. The van der Waals surface area contributed by atoms with E-state index >= 15 is 0 Å². The molecular formula is C23H30N2+2. The quantitative estimate of drug-likeness (QED) is 0.794. The lowest BCUT2D eigenvalue weighted by molar-refractivity contribution is -1.01. The van der Waals surface area contributed by atoms with Crippen molar-refractivity contribution in [3.8, 4) is 0 Å². The van der Waals surface area contributed by atoms with E-state index in [1.807, 2.05) is 0 Å². The number of hydrogen-bond donors (Lipinski definition) is 2. The highest BCUT2D eigenvalue weighted by atomic mass is 15.3. The van der Waals surface area contributed by atoms with Gasteiger partial charge in [0.1, 0.15) is 26.2 Å². The van der Waals surface area contributed by atoms with Crippen LogP contribution in [-0.4, -0.2) is 39.3 Å². The van der Waals surface area contributed by atoms with Crippen LogP contribution in [0.4, 0.5) is 0 Å². The molecule has 1 aliphatic heterocycles. The summed E-state index contributed by atoms with van der Waals surface area (Å²) in [6.45, 7) is 9.66. The first-order chi connectivity index (χ1) is 12.3. The van der Waals surface area contributed by atoms with E-state index in [1.165, 1.54) is 49.4 Å². The van der Waals surface area contributed by atoms with Crippen molar-refractivity contribution in [3.05, 3.63) is 83.4 Å². The van der Waals surface area contributed by atoms with Crippen molar-refractivity contribution in [2.45, 2.75) is 6.92 Å².